The number of rotatable bonds is 18. The summed E-state index contributed by atoms with van der Waals surface area (Å²) in [5, 5.41) is 17.1. The molecule has 0 fully saturated rings. The first kappa shape index (κ1) is 45.1. The van der Waals surface area contributed by atoms with Crippen molar-refractivity contribution in [2.24, 2.45) is 11.8 Å². The number of fused-ring (bicyclic) bond motifs is 3. The van der Waals surface area contributed by atoms with E-state index in [1.807, 2.05) is 92.7 Å². The van der Waals surface area contributed by atoms with Crippen molar-refractivity contribution in [3.8, 4) is 11.1 Å². The molecule has 2 unspecified atom stereocenters. The number of esters is 1. The Kier molecular flexibility index (Phi) is 14.9. The van der Waals surface area contributed by atoms with Crippen LogP contribution in [0.15, 0.2) is 109 Å². The second kappa shape index (κ2) is 20.4. The first-order valence-electron chi connectivity index (χ1n) is 20.5. The number of hydrogen-bond donors (Lipinski definition) is 3. The summed E-state index contributed by atoms with van der Waals surface area (Å²) in [6.45, 7) is 6.66. The molecular formula is C48H51FN4O8S. The topological polar surface area (TPSA) is 164 Å². The largest absolute Gasteiger partial charge is 0.481 e. The summed E-state index contributed by atoms with van der Waals surface area (Å²) in [5.41, 5.74) is 5.51. The standard InChI is InChI=1S/C48H51FN4O8S/c1-28(2)41(25-42(61-30(4)54)45-51-40(27-62-45)44(55)50-34(23-29(3)47(57)58)24-31-13-7-6-8-14-31)53(5)46(56)43(32-19-21-33(49)22-20-32)52-48(59)60-26-39-37-17-11-9-15-35(37)36-16-10-12-18-38(36)39/h6-22,27-29,34,39,41-43H,23-26H2,1-5H3,(H,50,55)(H,52,59)(H,57,58)/t29?,34?,41-,42-,43+/m1/s1. The van der Waals surface area contributed by atoms with E-state index < -0.39 is 65.8 Å². The van der Waals surface area contributed by atoms with Crippen LogP contribution in [0.3, 0.4) is 0 Å². The first-order valence-corrected chi connectivity index (χ1v) is 21.4. The lowest BCUT2D eigenvalue weighted by molar-refractivity contribution is -0.148. The van der Waals surface area contributed by atoms with Crippen LogP contribution in [0.25, 0.3) is 11.1 Å². The monoisotopic (exact) mass is 862 g/mol. The minimum Gasteiger partial charge on any atom is -0.481 e. The maximum atomic E-state index is 14.5. The minimum absolute atomic E-state index is 0.0156. The summed E-state index contributed by atoms with van der Waals surface area (Å²) < 4.78 is 25.7. The number of likely N-dealkylation sites (N-methyl/N-ethyl adjacent to an activating group) is 1. The van der Waals surface area contributed by atoms with Gasteiger partial charge in [0, 0.05) is 43.8 Å². The molecule has 1 aliphatic rings. The van der Waals surface area contributed by atoms with Crippen molar-refractivity contribution >= 4 is 41.2 Å². The van der Waals surface area contributed by atoms with Gasteiger partial charge in [0.15, 0.2) is 6.10 Å². The third kappa shape index (κ3) is 11.1. The highest BCUT2D eigenvalue weighted by Crippen LogP contribution is 2.44. The van der Waals surface area contributed by atoms with Crippen LogP contribution < -0.4 is 10.6 Å². The van der Waals surface area contributed by atoms with E-state index in [9.17, 15) is 33.5 Å². The lowest BCUT2D eigenvalue weighted by Crippen LogP contribution is -2.48. The molecular weight excluding hydrogens is 812 g/mol. The molecule has 14 heteroatoms. The molecule has 0 aliphatic heterocycles. The molecule has 0 bridgehead atoms. The SMILES string of the molecule is CC(=O)O[C@H](C[C@H](C(C)C)N(C)C(=O)[C@@H](NC(=O)OCC1c2ccccc2-c2ccccc21)c1ccc(F)cc1)c1nc(C(=O)NC(Cc2ccccc2)CC(C)C(=O)O)cs1. The summed E-state index contributed by atoms with van der Waals surface area (Å²) in [6, 6.07) is 28.2. The Hall–Kier alpha value is -6.41. The van der Waals surface area contributed by atoms with Gasteiger partial charge in [0.05, 0.1) is 5.92 Å². The molecule has 0 radical (unpaired) electrons. The molecule has 62 heavy (non-hydrogen) atoms. The normalized spacial score (nSPS) is 14.4. The Morgan fingerprint density at radius 3 is 2.05 bits per heavy atom. The summed E-state index contributed by atoms with van der Waals surface area (Å²) in [6.07, 6.45) is -1.12. The summed E-state index contributed by atoms with van der Waals surface area (Å²) in [5.74, 6) is -4.26. The van der Waals surface area contributed by atoms with Gasteiger partial charge in [0.2, 0.25) is 5.91 Å². The second-order valence-electron chi connectivity index (χ2n) is 16.0. The number of halogens is 1. The number of nitrogens with one attached hydrogen (secondary N) is 2. The van der Waals surface area contributed by atoms with E-state index in [-0.39, 0.29) is 37.0 Å². The van der Waals surface area contributed by atoms with Gasteiger partial charge in [-0.15, -0.1) is 11.3 Å². The lowest BCUT2D eigenvalue weighted by atomic mass is 9.95. The number of carboxylic acids is 1. The molecule has 1 aromatic heterocycles. The molecule has 0 spiro atoms. The molecule has 4 aromatic carbocycles. The zero-order valence-corrected chi connectivity index (χ0v) is 36.1. The number of carboxylic acid groups (broad SMARTS) is 1. The van der Waals surface area contributed by atoms with E-state index in [4.69, 9.17) is 9.47 Å². The zero-order valence-electron chi connectivity index (χ0n) is 35.2. The van der Waals surface area contributed by atoms with Gasteiger partial charge < -0.3 is 30.1 Å². The molecule has 324 valence electrons. The molecule has 5 aromatic rings. The number of amides is 3. The first-order chi connectivity index (χ1) is 29.7. The third-order valence-corrected chi connectivity index (χ3v) is 12.1. The van der Waals surface area contributed by atoms with Crippen LogP contribution in [0, 0.1) is 17.7 Å². The van der Waals surface area contributed by atoms with Gasteiger partial charge in [-0.3, -0.25) is 19.2 Å². The van der Waals surface area contributed by atoms with Crippen molar-refractivity contribution in [1.82, 2.24) is 20.5 Å². The van der Waals surface area contributed by atoms with Gasteiger partial charge in [-0.05, 0) is 64.3 Å². The van der Waals surface area contributed by atoms with Crippen molar-refractivity contribution in [2.75, 3.05) is 13.7 Å². The van der Waals surface area contributed by atoms with Crippen LogP contribution in [-0.4, -0.2) is 70.6 Å². The predicted molar refractivity (Wildman–Crippen MR) is 233 cm³/mol. The average molecular weight is 863 g/mol. The number of ether oxygens (including phenoxy) is 2. The van der Waals surface area contributed by atoms with Crippen molar-refractivity contribution in [1.29, 1.82) is 0 Å². The Bertz CT molecular complexity index is 2330. The van der Waals surface area contributed by atoms with Gasteiger partial charge in [-0.2, -0.15) is 0 Å². The molecule has 3 amide bonds. The highest BCUT2D eigenvalue weighted by Gasteiger charge is 2.36. The molecule has 0 saturated heterocycles. The summed E-state index contributed by atoms with van der Waals surface area (Å²) in [4.78, 5) is 72.0. The van der Waals surface area contributed by atoms with Gasteiger partial charge in [-0.25, -0.2) is 14.2 Å². The highest BCUT2D eigenvalue weighted by atomic mass is 32.1. The van der Waals surface area contributed by atoms with Crippen LogP contribution >= 0.6 is 11.3 Å². The van der Waals surface area contributed by atoms with Crippen molar-refractivity contribution in [2.45, 2.75) is 77.1 Å². The summed E-state index contributed by atoms with van der Waals surface area (Å²) >= 11 is 1.12. The van der Waals surface area contributed by atoms with Gasteiger partial charge in [-0.1, -0.05) is 112 Å². The molecule has 6 rings (SSSR count). The molecule has 12 nitrogen and oxygen atoms in total. The average Bonchev–Trinajstić information content (AvgIpc) is 3.87. The number of alkyl carbamates (subject to hydrolysis) is 1. The second-order valence-corrected chi connectivity index (χ2v) is 16.8. The number of thiazole rings is 1. The molecule has 1 aliphatic carbocycles. The third-order valence-electron chi connectivity index (χ3n) is 11.2. The fraction of sp³-hybridized carbons (Fsp3) is 0.333. The Labute approximate surface area is 364 Å². The molecule has 3 N–H and O–H groups in total. The van der Waals surface area contributed by atoms with Crippen molar-refractivity contribution < 1.29 is 42.9 Å². The minimum atomic E-state index is -1.27. The Balaban J connectivity index is 1.18. The van der Waals surface area contributed by atoms with Crippen molar-refractivity contribution in [3.63, 3.8) is 0 Å². The Morgan fingerprint density at radius 1 is 0.839 bits per heavy atom. The maximum absolute atomic E-state index is 14.5. The van der Waals surface area contributed by atoms with Crippen LogP contribution in [0.1, 0.15) is 96.4 Å². The van der Waals surface area contributed by atoms with Crippen molar-refractivity contribution in [3.05, 3.63) is 147 Å². The number of hydrogen-bond acceptors (Lipinski definition) is 9. The van der Waals surface area contributed by atoms with Crippen LogP contribution in [-0.2, 0) is 30.3 Å². The van der Waals surface area contributed by atoms with Gasteiger partial charge in [0.25, 0.3) is 5.91 Å². The number of benzene rings is 4. The number of aromatic nitrogens is 1. The predicted octanol–water partition coefficient (Wildman–Crippen LogP) is 8.49. The zero-order chi connectivity index (χ0) is 44.5. The van der Waals surface area contributed by atoms with Crippen LogP contribution in [0.4, 0.5) is 9.18 Å². The van der Waals surface area contributed by atoms with Gasteiger partial charge in [0.1, 0.15) is 29.2 Å². The number of carbonyl (C=O) groups excluding carboxylic acids is 4. The van der Waals surface area contributed by atoms with Crippen LogP contribution in [0.2, 0.25) is 0 Å². The number of aliphatic carboxylic acids is 1. The molecule has 0 saturated carbocycles. The summed E-state index contributed by atoms with van der Waals surface area (Å²) in [7, 11) is 1.58. The maximum Gasteiger partial charge on any atom is 0.408 e. The van der Waals surface area contributed by atoms with Gasteiger partial charge >= 0.3 is 18.0 Å². The highest BCUT2D eigenvalue weighted by molar-refractivity contribution is 7.09. The molecule has 1 heterocycles. The lowest BCUT2D eigenvalue weighted by Gasteiger charge is -2.35. The fourth-order valence-corrected chi connectivity index (χ4v) is 8.82. The quantitative estimate of drug-likeness (QED) is 0.0733. The smallest absolute Gasteiger partial charge is 0.408 e. The number of carbonyl (C=O) groups is 5. The van der Waals surface area contributed by atoms with E-state index in [1.165, 1.54) is 36.1 Å². The number of nitrogens with zero attached hydrogens (tertiary/aromatic N) is 2. The van der Waals surface area contributed by atoms with E-state index in [2.05, 4.69) is 15.6 Å². The van der Waals surface area contributed by atoms with E-state index in [0.29, 0.717) is 17.0 Å². The fourth-order valence-electron chi connectivity index (χ4n) is 7.98. The molecule has 5 atom stereocenters. The Morgan fingerprint density at radius 2 is 1.45 bits per heavy atom. The van der Waals surface area contributed by atoms with Crippen LogP contribution in [0.5, 0.6) is 0 Å². The van der Waals surface area contributed by atoms with E-state index >= 15 is 0 Å². The van der Waals surface area contributed by atoms with E-state index in [1.54, 1.807) is 19.4 Å². The van der Waals surface area contributed by atoms with E-state index in [0.717, 1.165) is 39.2 Å².